The van der Waals surface area contributed by atoms with Crippen molar-refractivity contribution in [2.75, 3.05) is 12.3 Å². The van der Waals surface area contributed by atoms with E-state index in [1.54, 1.807) is 12.1 Å². The summed E-state index contributed by atoms with van der Waals surface area (Å²) >= 11 is 0. The Balaban J connectivity index is 2.22. The molecule has 3 heteroatoms. The lowest BCUT2D eigenvalue weighted by Crippen LogP contribution is -2.24. The minimum atomic E-state index is -0.00309. The number of rotatable bonds is 8. The van der Waals surface area contributed by atoms with Gasteiger partial charge in [-0.05, 0) is 37.1 Å². The second-order valence-electron chi connectivity index (χ2n) is 5.10. The number of nitrogens with two attached hydrogens (primary N) is 1. The minimum absolute atomic E-state index is 0.00309. The molecule has 0 aliphatic heterocycles. The number of hydrogen-bond acceptors (Lipinski definition) is 2. The number of carbonyl (C=O) groups is 1. The van der Waals surface area contributed by atoms with Gasteiger partial charge in [-0.2, -0.15) is 0 Å². The van der Waals surface area contributed by atoms with E-state index in [0.717, 1.165) is 24.2 Å². The van der Waals surface area contributed by atoms with Gasteiger partial charge in [0.15, 0.2) is 0 Å². The summed E-state index contributed by atoms with van der Waals surface area (Å²) in [7, 11) is 0. The number of nitrogens with one attached hydrogen (secondary N) is 1. The zero-order chi connectivity index (χ0) is 14.1. The Kier molecular flexibility index (Phi) is 7.01. The van der Waals surface area contributed by atoms with Crippen LogP contribution in [0.3, 0.4) is 0 Å². The van der Waals surface area contributed by atoms with E-state index in [1.165, 1.54) is 32.1 Å². The van der Waals surface area contributed by atoms with Crippen LogP contribution >= 0.6 is 0 Å². The van der Waals surface area contributed by atoms with Crippen LogP contribution < -0.4 is 11.1 Å². The first-order valence-corrected chi connectivity index (χ1v) is 7.29. The van der Waals surface area contributed by atoms with Crippen molar-refractivity contribution in [3.63, 3.8) is 0 Å². The molecule has 0 unspecified atom stereocenters. The van der Waals surface area contributed by atoms with Crippen molar-refractivity contribution in [3.05, 3.63) is 29.3 Å². The van der Waals surface area contributed by atoms with Crippen molar-refractivity contribution in [1.29, 1.82) is 0 Å². The first-order chi connectivity index (χ1) is 9.15. The van der Waals surface area contributed by atoms with E-state index in [2.05, 4.69) is 12.2 Å². The number of carbonyl (C=O) groups excluding carboxylic acids is 1. The highest BCUT2D eigenvalue weighted by Crippen LogP contribution is 2.12. The molecule has 1 amide bonds. The maximum absolute atomic E-state index is 11.9. The molecule has 19 heavy (non-hydrogen) atoms. The Bertz CT molecular complexity index is 402. The lowest BCUT2D eigenvalue weighted by Gasteiger charge is -2.07. The van der Waals surface area contributed by atoms with Gasteiger partial charge < -0.3 is 11.1 Å². The molecular formula is C16H26N2O. The molecule has 106 valence electrons. The van der Waals surface area contributed by atoms with Gasteiger partial charge in [-0.1, -0.05) is 39.0 Å². The molecule has 0 saturated heterocycles. The largest absolute Gasteiger partial charge is 0.399 e. The quantitative estimate of drug-likeness (QED) is 0.555. The number of amides is 1. The van der Waals surface area contributed by atoms with E-state index >= 15 is 0 Å². The van der Waals surface area contributed by atoms with Gasteiger partial charge in [-0.3, -0.25) is 4.79 Å². The molecule has 3 nitrogen and oxygen atoms in total. The Labute approximate surface area is 116 Å². The number of hydrogen-bond donors (Lipinski definition) is 2. The van der Waals surface area contributed by atoms with Crippen LogP contribution in [0.2, 0.25) is 0 Å². The molecule has 0 heterocycles. The van der Waals surface area contributed by atoms with Gasteiger partial charge in [0, 0.05) is 17.8 Å². The lowest BCUT2D eigenvalue weighted by atomic mass is 10.1. The molecule has 0 aliphatic rings. The highest BCUT2D eigenvalue weighted by atomic mass is 16.1. The fourth-order valence-corrected chi connectivity index (χ4v) is 2.03. The monoisotopic (exact) mass is 262 g/mol. The van der Waals surface area contributed by atoms with E-state index in [0.29, 0.717) is 5.56 Å². The molecule has 0 atom stereocenters. The minimum Gasteiger partial charge on any atom is -0.399 e. The Morgan fingerprint density at radius 3 is 2.53 bits per heavy atom. The number of unbranched alkanes of at least 4 members (excludes halogenated alkanes) is 5. The molecule has 1 rings (SSSR count). The van der Waals surface area contributed by atoms with Crippen LogP contribution in [0.15, 0.2) is 18.2 Å². The molecule has 0 spiro atoms. The van der Waals surface area contributed by atoms with Gasteiger partial charge >= 0.3 is 0 Å². The maximum Gasteiger partial charge on any atom is 0.251 e. The van der Waals surface area contributed by atoms with Gasteiger partial charge in [0.2, 0.25) is 0 Å². The Morgan fingerprint density at radius 2 is 1.84 bits per heavy atom. The number of benzene rings is 1. The SMILES string of the molecule is CCCCCCCCNC(=O)c1ccc(N)c(C)c1. The number of anilines is 1. The van der Waals surface area contributed by atoms with Crippen molar-refractivity contribution in [2.45, 2.75) is 52.4 Å². The first kappa shape index (κ1) is 15.5. The fraction of sp³-hybridized carbons (Fsp3) is 0.562. The summed E-state index contributed by atoms with van der Waals surface area (Å²) in [6, 6.07) is 5.40. The molecule has 0 aromatic heterocycles. The summed E-state index contributed by atoms with van der Waals surface area (Å²) in [6.45, 7) is 4.89. The first-order valence-electron chi connectivity index (χ1n) is 7.29. The van der Waals surface area contributed by atoms with Crippen molar-refractivity contribution in [2.24, 2.45) is 0 Å². The molecule has 0 bridgehead atoms. The molecule has 1 aromatic carbocycles. The smallest absolute Gasteiger partial charge is 0.251 e. The van der Waals surface area contributed by atoms with Crippen molar-refractivity contribution >= 4 is 11.6 Å². The van der Waals surface area contributed by atoms with Crippen LogP contribution in [-0.4, -0.2) is 12.5 Å². The van der Waals surface area contributed by atoms with E-state index in [4.69, 9.17) is 5.73 Å². The Morgan fingerprint density at radius 1 is 1.16 bits per heavy atom. The molecule has 0 radical (unpaired) electrons. The van der Waals surface area contributed by atoms with Gasteiger partial charge in [0.25, 0.3) is 5.91 Å². The zero-order valence-corrected chi connectivity index (χ0v) is 12.2. The topological polar surface area (TPSA) is 55.1 Å². The predicted molar refractivity (Wildman–Crippen MR) is 81.3 cm³/mol. The van der Waals surface area contributed by atoms with E-state index in [9.17, 15) is 4.79 Å². The van der Waals surface area contributed by atoms with Gasteiger partial charge in [-0.15, -0.1) is 0 Å². The van der Waals surface area contributed by atoms with Crippen LogP contribution in [0, 0.1) is 6.92 Å². The highest BCUT2D eigenvalue weighted by Gasteiger charge is 2.05. The third-order valence-electron chi connectivity index (χ3n) is 3.35. The summed E-state index contributed by atoms with van der Waals surface area (Å²) < 4.78 is 0. The molecule has 0 fully saturated rings. The lowest BCUT2D eigenvalue weighted by molar-refractivity contribution is 0.0953. The van der Waals surface area contributed by atoms with Gasteiger partial charge in [0.05, 0.1) is 0 Å². The molecule has 1 aromatic rings. The van der Waals surface area contributed by atoms with E-state index < -0.39 is 0 Å². The third kappa shape index (κ3) is 5.77. The summed E-state index contributed by atoms with van der Waals surface area (Å²) in [5.74, 6) is -0.00309. The second kappa shape index (κ2) is 8.57. The van der Waals surface area contributed by atoms with Crippen molar-refractivity contribution in [1.82, 2.24) is 5.32 Å². The van der Waals surface area contributed by atoms with E-state index in [1.807, 2.05) is 13.0 Å². The number of nitrogen functional groups attached to an aromatic ring is 1. The molecule has 3 N–H and O–H groups in total. The highest BCUT2D eigenvalue weighted by molar-refractivity contribution is 5.94. The van der Waals surface area contributed by atoms with Crippen molar-refractivity contribution in [3.8, 4) is 0 Å². The van der Waals surface area contributed by atoms with Crippen LogP contribution in [0.4, 0.5) is 5.69 Å². The second-order valence-corrected chi connectivity index (χ2v) is 5.10. The summed E-state index contributed by atoms with van der Waals surface area (Å²) in [5, 5.41) is 2.96. The Hall–Kier alpha value is -1.51. The molecule has 0 aliphatic carbocycles. The maximum atomic E-state index is 11.9. The molecular weight excluding hydrogens is 236 g/mol. The fourth-order valence-electron chi connectivity index (χ4n) is 2.03. The summed E-state index contributed by atoms with van der Waals surface area (Å²) in [5.41, 5.74) is 8.11. The van der Waals surface area contributed by atoms with Crippen LogP contribution in [-0.2, 0) is 0 Å². The number of aryl methyl sites for hydroxylation is 1. The van der Waals surface area contributed by atoms with Gasteiger partial charge in [-0.25, -0.2) is 0 Å². The zero-order valence-electron chi connectivity index (χ0n) is 12.2. The van der Waals surface area contributed by atoms with Crippen LogP contribution in [0.1, 0.15) is 61.4 Å². The predicted octanol–water partition coefficient (Wildman–Crippen LogP) is 3.67. The standard InChI is InChI=1S/C16H26N2O/c1-3-4-5-6-7-8-11-18-16(19)14-9-10-15(17)13(2)12-14/h9-10,12H,3-8,11,17H2,1-2H3,(H,18,19). The molecule has 0 saturated carbocycles. The van der Waals surface area contributed by atoms with Crippen LogP contribution in [0.5, 0.6) is 0 Å². The average Bonchev–Trinajstić information content (AvgIpc) is 2.40. The van der Waals surface area contributed by atoms with Crippen LogP contribution in [0.25, 0.3) is 0 Å². The average molecular weight is 262 g/mol. The third-order valence-corrected chi connectivity index (χ3v) is 3.35. The van der Waals surface area contributed by atoms with Gasteiger partial charge in [0.1, 0.15) is 0 Å². The van der Waals surface area contributed by atoms with E-state index in [-0.39, 0.29) is 5.91 Å². The normalized spacial score (nSPS) is 10.4. The summed E-state index contributed by atoms with van der Waals surface area (Å²) in [6.07, 6.45) is 7.42. The van der Waals surface area contributed by atoms with Crippen molar-refractivity contribution < 1.29 is 4.79 Å². The summed E-state index contributed by atoms with van der Waals surface area (Å²) in [4.78, 5) is 11.9.